The van der Waals surface area contributed by atoms with Crippen LogP contribution in [0.3, 0.4) is 0 Å². The molecule has 0 aliphatic heterocycles. The van der Waals surface area contributed by atoms with Gasteiger partial charge in [0.1, 0.15) is 6.54 Å². The fourth-order valence-electron chi connectivity index (χ4n) is 1.57. The van der Waals surface area contributed by atoms with E-state index in [2.05, 4.69) is 0 Å². The van der Waals surface area contributed by atoms with Gasteiger partial charge in [0.25, 0.3) is 5.56 Å². The number of carbonyl (C=O) groups excluding carboxylic acids is 1. The molecule has 0 radical (unpaired) electrons. The molecule has 0 aliphatic carbocycles. The monoisotopic (exact) mass is 209 g/mol. The van der Waals surface area contributed by atoms with Gasteiger partial charge in [-0.05, 0) is 25.5 Å². The van der Waals surface area contributed by atoms with Crippen molar-refractivity contribution >= 4 is 5.91 Å². The van der Waals surface area contributed by atoms with Crippen LogP contribution < -0.4 is 17.0 Å². The zero-order valence-corrected chi connectivity index (χ0v) is 8.91. The SMILES string of the molecule is Cc1cc(C)n(CC(N)=O)c(=O)c1CN. The summed E-state index contributed by atoms with van der Waals surface area (Å²) in [6.07, 6.45) is 0. The molecule has 5 heteroatoms. The van der Waals surface area contributed by atoms with E-state index in [1.54, 1.807) is 6.92 Å². The standard InChI is InChI=1S/C10H15N3O2/c1-6-3-7(2)13(5-9(12)14)10(15)8(6)4-11/h3H,4-5,11H2,1-2H3,(H2,12,14). The van der Waals surface area contributed by atoms with Crippen LogP contribution in [0.5, 0.6) is 0 Å². The van der Waals surface area contributed by atoms with Gasteiger partial charge >= 0.3 is 0 Å². The summed E-state index contributed by atoms with van der Waals surface area (Å²) in [6, 6.07) is 1.83. The lowest BCUT2D eigenvalue weighted by atomic mass is 10.1. The number of amides is 1. The molecule has 1 aromatic heterocycles. The maximum atomic E-state index is 11.9. The van der Waals surface area contributed by atoms with Crippen LogP contribution in [0.15, 0.2) is 10.9 Å². The highest BCUT2D eigenvalue weighted by Gasteiger charge is 2.10. The zero-order valence-electron chi connectivity index (χ0n) is 8.91. The molecule has 82 valence electrons. The van der Waals surface area contributed by atoms with Crippen molar-refractivity contribution in [2.75, 3.05) is 0 Å². The summed E-state index contributed by atoms with van der Waals surface area (Å²) in [5, 5.41) is 0. The Morgan fingerprint density at radius 2 is 2.07 bits per heavy atom. The number of nitrogens with two attached hydrogens (primary N) is 2. The van der Waals surface area contributed by atoms with Crippen molar-refractivity contribution in [3.8, 4) is 0 Å². The quantitative estimate of drug-likeness (QED) is 0.697. The van der Waals surface area contributed by atoms with E-state index in [0.717, 1.165) is 5.56 Å². The Balaban J connectivity index is 3.39. The van der Waals surface area contributed by atoms with Crippen molar-refractivity contribution in [2.24, 2.45) is 11.5 Å². The van der Waals surface area contributed by atoms with Gasteiger partial charge in [-0.15, -0.1) is 0 Å². The summed E-state index contributed by atoms with van der Waals surface area (Å²) >= 11 is 0. The molecule has 5 nitrogen and oxygen atoms in total. The summed E-state index contributed by atoms with van der Waals surface area (Å²) in [5.41, 5.74) is 12.4. The molecule has 0 unspecified atom stereocenters. The third kappa shape index (κ3) is 2.24. The summed E-state index contributed by atoms with van der Waals surface area (Å²) in [4.78, 5) is 22.6. The van der Waals surface area contributed by atoms with Gasteiger partial charge in [-0.25, -0.2) is 0 Å². The van der Waals surface area contributed by atoms with Crippen LogP contribution in [0.1, 0.15) is 16.8 Å². The Bertz CT molecular complexity index is 449. The first-order valence-electron chi connectivity index (χ1n) is 4.65. The van der Waals surface area contributed by atoms with Crippen LogP contribution in [-0.2, 0) is 17.9 Å². The first kappa shape index (κ1) is 11.5. The van der Waals surface area contributed by atoms with Crippen LogP contribution in [0.2, 0.25) is 0 Å². The molecule has 0 bridgehead atoms. The van der Waals surface area contributed by atoms with E-state index in [4.69, 9.17) is 11.5 Å². The van der Waals surface area contributed by atoms with Crippen molar-refractivity contribution in [3.05, 3.63) is 33.2 Å². The molecule has 15 heavy (non-hydrogen) atoms. The van der Waals surface area contributed by atoms with Crippen molar-refractivity contribution in [2.45, 2.75) is 26.9 Å². The minimum atomic E-state index is -0.535. The molecule has 0 atom stereocenters. The fraction of sp³-hybridized carbons (Fsp3) is 0.400. The molecule has 0 aromatic carbocycles. The van der Waals surface area contributed by atoms with Crippen molar-refractivity contribution < 1.29 is 4.79 Å². The number of rotatable bonds is 3. The lowest BCUT2D eigenvalue weighted by molar-refractivity contribution is -0.118. The molecule has 1 aromatic rings. The first-order chi connectivity index (χ1) is 6.97. The highest BCUT2D eigenvalue weighted by Crippen LogP contribution is 2.05. The number of aromatic nitrogens is 1. The number of aryl methyl sites for hydroxylation is 2. The van der Waals surface area contributed by atoms with Gasteiger partial charge in [-0.3, -0.25) is 9.59 Å². The Kier molecular flexibility index (Phi) is 3.26. The van der Waals surface area contributed by atoms with Crippen LogP contribution in [0, 0.1) is 13.8 Å². The normalized spacial score (nSPS) is 10.3. The molecule has 0 saturated heterocycles. The molecule has 0 fully saturated rings. The number of primary amides is 1. The summed E-state index contributed by atoms with van der Waals surface area (Å²) in [7, 11) is 0. The second-order valence-electron chi connectivity index (χ2n) is 3.51. The summed E-state index contributed by atoms with van der Waals surface area (Å²) in [6.45, 7) is 3.66. The van der Waals surface area contributed by atoms with E-state index in [0.29, 0.717) is 11.3 Å². The number of carbonyl (C=O) groups is 1. The average molecular weight is 209 g/mol. The van der Waals surface area contributed by atoms with Gasteiger partial charge in [0, 0.05) is 17.8 Å². The molecule has 1 rings (SSSR count). The lowest BCUT2D eigenvalue weighted by Crippen LogP contribution is -2.33. The predicted molar refractivity (Wildman–Crippen MR) is 57.3 cm³/mol. The van der Waals surface area contributed by atoms with E-state index >= 15 is 0 Å². The smallest absolute Gasteiger partial charge is 0.255 e. The summed E-state index contributed by atoms with van der Waals surface area (Å²) < 4.78 is 1.34. The van der Waals surface area contributed by atoms with Gasteiger partial charge in [0.2, 0.25) is 5.91 Å². The number of hydrogen-bond donors (Lipinski definition) is 2. The van der Waals surface area contributed by atoms with Crippen molar-refractivity contribution in [1.29, 1.82) is 0 Å². The average Bonchev–Trinajstić information content (AvgIpc) is 2.12. The van der Waals surface area contributed by atoms with Crippen LogP contribution in [-0.4, -0.2) is 10.5 Å². The van der Waals surface area contributed by atoms with Crippen LogP contribution >= 0.6 is 0 Å². The maximum Gasteiger partial charge on any atom is 0.255 e. The molecular weight excluding hydrogens is 194 g/mol. The number of nitrogens with zero attached hydrogens (tertiary/aromatic N) is 1. The topological polar surface area (TPSA) is 91.1 Å². The molecule has 0 spiro atoms. The Morgan fingerprint density at radius 3 is 2.53 bits per heavy atom. The van der Waals surface area contributed by atoms with Gasteiger partial charge in [-0.1, -0.05) is 0 Å². The highest BCUT2D eigenvalue weighted by atomic mass is 16.2. The van der Waals surface area contributed by atoms with Crippen molar-refractivity contribution in [3.63, 3.8) is 0 Å². The van der Waals surface area contributed by atoms with E-state index < -0.39 is 5.91 Å². The fourth-order valence-corrected chi connectivity index (χ4v) is 1.57. The highest BCUT2D eigenvalue weighted by molar-refractivity contribution is 5.73. The molecule has 0 saturated carbocycles. The minimum absolute atomic E-state index is 0.0993. The van der Waals surface area contributed by atoms with E-state index in [1.165, 1.54) is 4.57 Å². The summed E-state index contributed by atoms with van der Waals surface area (Å²) in [5.74, 6) is -0.535. The number of pyridine rings is 1. The largest absolute Gasteiger partial charge is 0.368 e. The Hall–Kier alpha value is -1.62. The molecule has 1 heterocycles. The van der Waals surface area contributed by atoms with E-state index in [-0.39, 0.29) is 18.6 Å². The second-order valence-corrected chi connectivity index (χ2v) is 3.51. The van der Waals surface area contributed by atoms with Gasteiger partial charge < -0.3 is 16.0 Å². The van der Waals surface area contributed by atoms with Gasteiger partial charge in [-0.2, -0.15) is 0 Å². The first-order valence-corrected chi connectivity index (χ1v) is 4.65. The molecular formula is C10H15N3O2. The van der Waals surface area contributed by atoms with E-state index in [1.807, 2.05) is 13.0 Å². The predicted octanol–water partition coefficient (Wildman–Crippen LogP) is -0.591. The van der Waals surface area contributed by atoms with Gasteiger partial charge in [0.05, 0.1) is 0 Å². The van der Waals surface area contributed by atoms with Crippen molar-refractivity contribution in [1.82, 2.24) is 4.57 Å². The van der Waals surface area contributed by atoms with Gasteiger partial charge in [0.15, 0.2) is 0 Å². The maximum absolute atomic E-state index is 11.9. The Morgan fingerprint density at radius 1 is 1.47 bits per heavy atom. The third-order valence-electron chi connectivity index (χ3n) is 2.35. The molecule has 0 aliphatic rings. The zero-order chi connectivity index (χ0) is 11.6. The Labute approximate surface area is 87.7 Å². The van der Waals surface area contributed by atoms with Crippen LogP contribution in [0.25, 0.3) is 0 Å². The van der Waals surface area contributed by atoms with Crippen LogP contribution in [0.4, 0.5) is 0 Å². The third-order valence-corrected chi connectivity index (χ3v) is 2.35. The lowest BCUT2D eigenvalue weighted by Gasteiger charge is -2.11. The second kappa shape index (κ2) is 4.27. The van der Waals surface area contributed by atoms with E-state index in [9.17, 15) is 9.59 Å². The molecule has 4 N–H and O–H groups in total. The minimum Gasteiger partial charge on any atom is -0.368 e. The number of hydrogen-bond acceptors (Lipinski definition) is 3. The molecule has 1 amide bonds.